The second-order valence-electron chi connectivity index (χ2n) is 4.42. The number of nitrogens with one attached hydrogen (secondary N) is 1. The molecule has 1 fully saturated rings. The molecule has 94 valence electrons. The molecule has 0 radical (unpaired) electrons. The SMILES string of the molecule is NCC1CCCC1Nc1cc(Cl)c(Cl)cc1Cl. The van der Waals surface area contributed by atoms with Gasteiger partial charge in [0.25, 0.3) is 0 Å². The van der Waals surface area contributed by atoms with Gasteiger partial charge in [0.05, 0.1) is 20.8 Å². The van der Waals surface area contributed by atoms with Crippen LogP contribution in [-0.2, 0) is 0 Å². The van der Waals surface area contributed by atoms with Crippen LogP contribution < -0.4 is 11.1 Å². The second-order valence-corrected chi connectivity index (χ2v) is 5.65. The summed E-state index contributed by atoms with van der Waals surface area (Å²) in [6.07, 6.45) is 3.50. The Balaban J connectivity index is 2.15. The first-order valence-corrected chi connectivity index (χ1v) is 6.86. The molecule has 0 spiro atoms. The Morgan fingerprint density at radius 2 is 1.82 bits per heavy atom. The molecule has 2 nitrogen and oxygen atoms in total. The number of nitrogens with two attached hydrogens (primary N) is 1. The van der Waals surface area contributed by atoms with Crippen LogP contribution in [0.3, 0.4) is 0 Å². The Bertz CT molecular complexity index is 409. The van der Waals surface area contributed by atoms with Crippen molar-refractivity contribution in [2.24, 2.45) is 11.7 Å². The first-order valence-electron chi connectivity index (χ1n) is 5.73. The average molecular weight is 294 g/mol. The normalized spacial score (nSPS) is 24.0. The summed E-state index contributed by atoms with van der Waals surface area (Å²) in [6.45, 7) is 0.705. The molecule has 17 heavy (non-hydrogen) atoms. The third kappa shape index (κ3) is 3.00. The predicted molar refractivity (Wildman–Crippen MR) is 75.3 cm³/mol. The third-order valence-electron chi connectivity index (χ3n) is 3.31. The minimum atomic E-state index is 0.384. The molecule has 2 atom stereocenters. The van der Waals surface area contributed by atoms with Crippen LogP contribution in [0.25, 0.3) is 0 Å². The Morgan fingerprint density at radius 3 is 2.53 bits per heavy atom. The van der Waals surface area contributed by atoms with E-state index in [0.717, 1.165) is 12.1 Å². The summed E-state index contributed by atoms with van der Waals surface area (Å²) in [6, 6.07) is 3.83. The largest absolute Gasteiger partial charge is 0.381 e. The first kappa shape index (κ1) is 13.3. The van der Waals surface area contributed by atoms with Gasteiger partial charge in [-0.15, -0.1) is 0 Å². The van der Waals surface area contributed by atoms with Crippen molar-refractivity contribution in [2.75, 3.05) is 11.9 Å². The van der Waals surface area contributed by atoms with Gasteiger partial charge >= 0.3 is 0 Å². The van der Waals surface area contributed by atoms with Gasteiger partial charge in [-0.25, -0.2) is 0 Å². The summed E-state index contributed by atoms with van der Waals surface area (Å²) in [7, 11) is 0. The molecule has 1 saturated carbocycles. The van der Waals surface area contributed by atoms with Gasteiger partial charge in [0.15, 0.2) is 0 Å². The Morgan fingerprint density at radius 1 is 1.12 bits per heavy atom. The van der Waals surface area contributed by atoms with E-state index < -0.39 is 0 Å². The summed E-state index contributed by atoms with van der Waals surface area (Å²) in [4.78, 5) is 0. The van der Waals surface area contributed by atoms with E-state index in [0.29, 0.717) is 33.6 Å². The Hall–Kier alpha value is -0.150. The molecule has 0 aromatic heterocycles. The van der Waals surface area contributed by atoms with E-state index in [2.05, 4.69) is 5.32 Å². The van der Waals surface area contributed by atoms with Gasteiger partial charge in [-0.3, -0.25) is 0 Å². The molecule has 0 saturated heterocycles. The summed E-state index contributed by atoms with van der Waals surface area (Å²) in [5, 5.41) is 5.01. The minimum absolute atomic E-state index is 0.384. The standard InChI is InChI=1S/C12H15Cl3N2/c13-8-4-10(15)12(5-9(8)14)17-11-3-1-2-7(11)6-16/h4-5,7,11,17H,1-3,6,16H2. The lowest BCUT2D eigenvalue weighted by Gasteiger charge is -2.21. The summed E-state index contributed by atoms with van der Waals surface area (Å²) in [5.74, 6) is 0.514. The molecule has 1 aliphatic carbocycles. The van der Waals surface area contributed by atoms with E-state index in [1.54, 1.807) is 12.1 Å². The van der Waals surface area contributed by atoms with Crippen molar-refractivity contribution < 1.29 is 0 Å². The second kappa shape index (κ2) is 5.66. The zero-order chi connectivity index (χ0) is 12.4. The summed E-state index contributed by atoms with van der Waals surface area (Å²) < 4.78 is 0. The van der Waals surface area contributed by atoms with Crippen LogP contribution in [-0.4, -0.2) is 12.6 Å². The maximum absolute atomic E-state index is 6.13. The van der Waals surface area contributed by atoms with E-state index >= 15 is 0 Å². The van der Waals surface area contributed by atoms with Gasteiger partial charge in [-0.05, 0) is 37.4 Å². The molecule has 3 N–H and O–H groups in total. The molecule has 1 aliphatic rings. The van der Waals surface area contributed by atoms with Crippen molar-refractivity contribution in [1.82, 2.24) is 0 Å². The van der Waals surface area contributed by atoms with Crippen molar-refractivity contribution in [1.29, 1.82) is 0 Å². The summed E-state index contributed by atoms with van der Waals surface area (Å²) in [5.41, 5.74) is 6.59. The zero-order valence-corrected chi connectivity index (χ0v) is 11.6. The van der Waals surface area contributed by atoms with Crippen LogP contribution >= 0.6 is 34.8 Å². The van der Waals surface area contributed by atoms with Crippen molar-refractivity contribution in [3.8, 4) is 0 Å². The topological polar surface area (TPSA) is 38.0 Å². The maximum Gasteiger partial charge on any atom is 0.0653 e. The number of hydrogen-bond donors (Lipinski definition) is 2. The molecule has 0 heterocycles. The molecule has 0 bridgehead atoms. The fourth-order valence-electron chi connectivity index (χ4n) is 2.34. The summed E-state index contributed by atoms with van der Waals surface area (Å²) >= 11 is 18.0. The van der Waals surface area contributed by atoms with Gasteiger partial charge in [-0.1, -0.05) is 41.2 Å². The van der Waals surface area contributed by atoms with E-state index in [-0.39, 0.29) is 0 Å². The lowest BCUT2D eigenvalue weighted by Crippen LogP contribution is -2.29. The fraction of sp³-hybridized carbons (Fsp3) is 0.500. The van der Waals surface area contributed by atoms with Gasteiger partial charge in [-0.2, -0.15) is 0 Å². The van der Waals surface area contributed by atoms with Gasteiger partial charge in [0.2, 0.25) is 0 Å². The fourth-order valence-corrected chi connectivity index (χ4v) is 2.94. The van der Waals surface area contributed by atoms with Crippen molar-refractivity contribution in [3.05, 3.63) is 27.2 Å². The number of halogens is 3. The lowest BCUT2D eigenvalue weighted by molar-refractivity contribution is 0.516. The van der Waals surface area contributed by atoms with Crippen LogP contribution in [0, 0.1) is 5.92 Å². The molecule has 2 unspecified atom stereocenters. The molecule has 1 aromatic carbocycles. The molecule has 0 aliphatic heterocycles. The Kier molecular flexibility index (Phi) is 4.42. The molecule has 1 aromatic rings. The molecule has 5 heteroatoms. The number of hydrogen-bond acceptors (Lipinski definition) is 2. The zero-order valence-electron chi connectivity index (χ0n) is 9.35. The smallest absolute Gasteiger partial charge is 0.0653 e. The molecule has 2 rings (SSSR count). The number of anilines is 1. The van der Waals surface area contributed by atoms with Crippen LogP contribution in [0.1, 0.15) is 19.3 Å². The highest BCUT2D eigenvalue weighted by atomic mass is 35.5. The van der Waals surface area contributed by atoms with Gasteiger partial charge < -0.3 is 11.1 Å². The number of rotatable bonds is 3. The lowest BCUT2D eigenvalue weighted by atomic mass is 10.0. The highest BCUT2D eigenvalue weighted by Gasteiger charge is 2.26. The predicted octanol–water partition coefficient (Wildman–Crippen LogP) is 4.19. The monoisotopic (exact) mass is 292 g/mol. The highest BCUT2D eigenvalue weighted by molar-refractivity contribution is 6.44. The van der Waals surface area contributed by atoms with Gasteiger partial charge in [0.1, 0.15) is 0 Å². The van der Waals surface area contributed by atoms with E-state index in [1.807, 2.05) is 0 Å². The van der Waals surface area contributed by atoms with E-state index in [4.69, 9.17) is 40.5 Å². The third-order valence-corrected chi connectivity index (χ3v) is 4.35. The minimum Gasteiger partial charge on any atom is -0.381 e. The first-order chi connectivity index (χ1) is 8.11. The number of benzene rings is 1. The molecule has 0 amide bonds. The molecular formula is C12H15Cl3N2. The van der Waals surface area contributed by atoms with Crippen LogP contribution in [0.4, 0.5) is 5.69 Å². The van der Waals surface area contributed by atoms with Crippen LogP contribution in [0.2, 0.25) is 15.1 Å². The maximum atomic E-state index is 6.13. The Labute approximate surface area is 116 Å². The van der Waals surface area contributed by atoms with E-state index in [1.165, 1.54) is 12.8 Å². The molecular weight excluding hydrogens is 279 g/mol. The average Bonchev–Trinajstić information content (AvgIpc) is 2.73. The van der Waals surface area contributed by atoms with Gasteiger partial charge in [0, 0.05) is 6.04 Å². The van der Waals surface area contributed by atoms with Crippen molar-refractivity contribution in [2.45, 2.75) is 25.3 Å². The van der Waals surface area contributed by atoms with Crippen LogP contribution in [0.15, 0.2) is 12.1 Å². The van der Waals surface area contributed by atoms with Crippen LogP contribution in [0.5, 0.6) is 0 Å². The highest BCUT2D eigenvalue weighted by Crippen LogP contribution is 2.35. The van der Waals surface area contributed by atoms with Crippen molar-refractivity contribution >= 4 is 40.5 Å². The quantitative estimate of drug-likeness (QED) is 0.820. The van der Waals surface area contributed by atoms with Crippen molar-refractivity contribution in [3.63, 3.8) is 0 Å². The van der Waals surface area contributed by atoms with E-state index in [9.17, 15) is 0 Å².